The van der Waals surface area contributed by atoms with E-state index < -0.39 is 20.5 Å². The zero-order valence-electron chi connectivity index (χ0n) is 6.22. The molecule has 1 atom stereocenters. The van der Waals surface area contributed by atoms with Gasteiger partial charge in [0.25, 0.3) is 0 Å². The van der Waals surface area contributed by atoms with Crippen LogP contribution in [0.25, 0.3) is 4.85 Å². The molecule has 0 aromatic heterocycles. The molecule has 0 aromatic rings. The molecule has 7 heteroatoms. The first-order valence-electron chi connectivity index (χ1n) is 2.85. The molecule has 1 unspecified atom stereocenters. The normalized spacial score (nSPS) is 12.2. The fourth-order valence-corrected chi connectivity index (χ4v) is 1.36. The van der Waals surface area contributed by atoms with E-state index in [2.05, 4.69) is 4.85 Å². The van der Waals surface area contributed by atoms with Gasteiger partial charge in [-0.15, -0.1) is 0 Å². The van der Waals surface area contributed by atoms with Crippen LogP contribution in [0.4, 0.5) is 0 Å². The molecule has 0 saturated heterocycles. The van der Waals surface area contributed by atoms with E-state index >= 15 is 0 Å². The van der Waals surface area contributed by atoms with Gasteiger partial charge in [0.1, 0.15) is 0 Å². The van der Waals surface area contributed by atoms with Crippen molar-refractivity contribution in [2.75, 3.05) is 0 Å². The topological polar surface area (TPSA) is 110 Å². The predicted octanol–water partition coefficient (Wildman–Crippen LogP) is -0.411. The van der Waals surface area contributed by atoms with E-state index in [-0.39, 0.29) is 0 Å². The first-order valence-corrected chi connectivity index (χ1v) is 4.46. The fourth-order valence-electron chi connectivity index (χ4n) is 0.493. The van der Waals surface area contributed by atoms with Crippen LogP contribution in [0, 0.1) is 34.6 Å². The third-order valence-electron chi connectivity index (χ3n) is 1.11. The molecular formula is C6H3N4O2S-. The SMILES string of the molecule is [C-]#[N+]C([C-]=N)S(=O)(=O)C(C#N)C#N. The first-order chi connectivity index (χ1) is 6.04. The summed E-state index contributed by atoms with van der Waals surface area (Å²) >= 11 is 0. The minimum atomic E-state index is -4.24. The van der Waals surface area contributed by atoms with Gasteiger partial charge >= 0.3 is 0 Å². The smallest absolute Gasteiger partial charge is 0.238 e. The second-order valence-electron chi connectivity index (χ2n) is 1.85. The molecule has 13 heavy (non-hydrogen) atoms. The monoisotopic (exact) mass is 195 g/mol. The minimum absolute atomic E-state index is 1.23. The van der Waals surface area contributed by atoms with Crippen LogP contribution >= 0.6 is 0 Å². The number of hydrogen-bond donors (Lipinski definition) is 1. The molecule has 0 saturated carbocycles. The Labute approximate surface area is 75.3 Å². The molecule has 0 radical (unpaired) electrons. The average molecular weight is 195 g/mol. The first kappa shape index (κ1) is 11.1. The van der Waals surface area contributed by atoms with Crippen LogP contribution in [0.15, 0.2) is 0 Å². The van der Waals surface area contributed by atoms with Gasteiger partial charge in [0.05, 0.1) is 12.1 Å². The number of nitrogens with one attached hydrogen (secondary N) is 1. The van der Waals surface area contributed by atoms with Crippen LogP contribution in [-0.4, -0.2) is 25.3 Å². The van der Waals surface area contributed by atoms with Gasteiger partial charge in [-0.05, 0) is 0 Å². The van der Waals surface area contributed by atoms with Crippen molar-refractivity contribution in [1.82, 2.24) is 0 Å². The second kappa shape index (κ2) is 4.20. The summed E-state index contributed by atoms with van der Waals surface area (Å²) in [5.41, 5.74) is 0. The minimum Gasteiger partial charge on any atom is -0.511 e. The van der Waals surface area contributed by atoms with E-state index in [9.17, 15) is 8.42 Å². The standard InChI is InChI=1S/C6H3N4O2S/c1-10-6(4-9)13(11,12)5(2-7)3-8/h5-6,9H/q-1. The van der Waals surface area contributed by atoms with Crippen molar-refractivity contribution in [2.24, 2.45) is 0 Å². The van der Waals surface area contributed by atoms with Crippen LogP contribution in [0.5, 0.6) is 0 Å². The number of rotatable bonds is 3. The summed E-state index contributed by atoms with van der Waals surface area (Å²) in [5, 5.41) is 19.2. The lowest BCUT2D eigenvalue weighted by molar-refractivity contribution is 0.595. The van der Waals surface area contributed by atoms with Crippen LogP contribution in [0.3, 0.4) is 0 Å². The summed E-state index contributed by atoms with van der Waals surface area (Å²) in [6, 6.07) is 2.45. The van der Waals surface area contributed by atoms with E-state index in [1.165, 1.54) is 18.4 Å². The van der Waals surface area contributed by atoms with Crippen molar-refractivity contribution in [2.45, 2.75) is 10.6 Å². The van der Waals surface area contributed by atoms with Gasteiger partial charge in [-0.1, -0.05) is 0 Å². The second-order valence-corrected chi connectivity index (χ2v) is 3.95. The Morgan fingerprint density at radius 1 is 1.46 bits per heavy atom. The number of nitriles is 2. The molecule has 0 amide bonds. The molecule has 0 fully saturated rings. The van der Waals surface area contributed by atoms with Crippen molar-refractivity contribution >= 4 is 16.1 Å². The van der Waals surface area contributed by atoms with E-state index in [0.29, 0.717) is 0 Å². The third-order valence-corrected chi connectivity index (χ3v) is 2.83. The van der Waals surface area contributed by atoms with Crippen molar-refractivity contribution < 1.29 is 8.42 Å². The lowest BCUT2D eigenvalue weighted by Crippen LogP contribution is -2.28. The Hall–Kier alpha value is -1.91. The van der Waals surface area contributed by atoms with Crippen molar-refractivity contribution in [1.29, 1.82) is 15.9 Å². The lowest BCUT2D eigenvalue weighted by Gasteiger charge is -2.08. The Balaban J connectivity index is 5.26. The summed E-state index contributed by atoms with van der Waals surface area (Å²) in [6.45, 7) is 6.40. The maximum Gasteiger partial charge on any atom is 0.238 e. The van der Waals surface area contributed by atoms with E-state index in [1.807, 2.05) is 0 Å². The lowest BCUT2D eigenvalue weighted by atomic mass is 10.5. The maximum absolute atomic E-state index is 11.1. The van der Waals surface area contributed by atoms with Gasteiger partial charge in [-0.25, -0.2) is 15.0 Å². The molecule has 0 aliphatic heterocycles. The van der Waals surface area contributed by atoms with Crippen LogP contribution < -0.4 is 0 Å². The number of nitrogens with zero attached hydrogens (tertiary/aromatic N) is 3. The summed E-state index contributed by atoms with van der Waals surface area (Å²) < 4.78 is 22.2. The van der Waals surface area contributed by atoms with Crippen LogP contribution in [0.2, 0.25) is 0 Å². The molecule has 1 N–H and O–H groups in total. The highest BCUT2D eigenvalue weighted by atomic mass is 32.2. The molecule has 0 aromatic carbocycles. The Morgan fingerprint density at radius 2 is 1.92 bits per heavy atom. The molecule has 66 valence electrons. The predicted molar refractivity (Wildman–Crippen MR) is 42.1 cm³/mol. The van der Waals surface area contributed by atoms with Gasteiger partial charge in [0.15, 0.2) is 0 Å². The third kappa shape index (κ3) is 2.02. The van der Waals surface area contributed by atoms with Gasteiger partial charge in [0.2, 0.25) is 20.5 Å². The summed E-state index contributed by atoms with van der Waals surface area (Å²) in [4.78, 5) is 2.56. The molecule has 0 aliphatic carbocycles. The maximum atomic E-state index is 11.1. The fraction of sp³-hybridized carbons (Fsp3) is 0.333. The molecule has 0 aliphatic rings. The van der Waals surface area contributed by atoms with Gasteiger partial charge in [-0.2, -0.15) is 10.5 Å². The highest BCUT2D eigenvalue weighted by molar-refractivity contribution is 7.93. The van der Waals surface area contributed by atoms with Gasteiger partial charge < -0.3 is 10.3 Å². The molecule has 0 bridgehead atoms. The Morgan fingerprint density at radius 3 is 2.15 bits per heavy atom. The Kier molecular flexibility index (Phi) is 3.58. The molecule has 0 spiro atoms. The highest BCUT2D eigenvalue weighted by Crippen LogP contribution is 2.08. The zero-order chi connectivity index (χ0) is 10.5. The molecule has 0 heterocycles. The molecule has 0 rings (SSSR count). The van der Waals surface area contributed by atoms with Crippen LogP contribution in [-0.2, 0) is 9.84 Å². The van der Waals surface area contributed by atoms with Crippen molar-refractivity contribution in [3.8, 4) is 12.1 Å². The molecule has 6 nitrogen and oxygen atoms in total. The van der Waals surface area contributed by atoms with Gasteiger partial charge in [0, 0.05) is 0 Å². The number of sulfone groups is 1. The zero-order valence-corrected chi connectivity index (χ0v) is 7.04. The van der Waals surface area contributed by atoms with Gasteiger partial charge in [-0.3, -0.25) is 6.21 Å². The summed E-state index contributed by atoms with van der Waals surface area (Å²) in [6.07, 6.45) is 1.45. The molecular weight excluding hydrogens is 192 g/mol. The summed E-state index contributed by atoms with van der Waals surface area (Å²) in [5.74, 6) is 0. The quantitative estimate of drug-likeness (QED) is 0.487. The van der Waals surface area contributed by atoms with Crippen LogP contribution in [0.1, 0.15) is 0 Å². The average Bonchev–Trinajstić information content (AvgIpc) is 2.07. The van der Waals surface area contributed by atoms with E-state index in [0.717, 1.165) is 0 Å². The highest BCUT2D eigenvalue weighted by Gasteiger charge is 2.31. The Bertz CT molecular complexity index is 405. The largest absolute Gasteiger partial charge is 0.511 e. The number of hydrogen-bond acceptors (Lipinski definition) is 5. The van der Waals surface area contributed by atoms with Crippen molar-refractivity contribution in [3.05, 3.63) is 11.4 Å². The summed E-state index contributed by atoms with van der Waals surface area (Å²) in [7, 11) is -4.24. The van der Waals surface area contributed by atoms with E-state index in [1.54, 1.807) is 0 Å². The van der Waals surface area contributed by atoms with Crippen molar-refractivity contribution in [3.63, 3.8) is 0 Å². The van der Waals surface area contributed by atoms with E-state index in [4.69, 9.17) is 22.5 Å².